The van der Waals surface area contributed by atoms with Gasteiger partial charge in [0.1, 0.15) is 0 Å². The Bertz CT molecular complexity index is 2790. The molecular formula is C52H34N2. The standard InChI is InChI=1S/C52H34N2/c1-2-16-39(17-3-1)54(41-19-13-31-53-34-41)40-18-12-15-37(32-40)35-27-29-36(30-28-35)46-33-38-14-4-5-20-42(38)50-45-23-8-11-26-49(45)52(51(46)50)47-24-9-6-21-43(47)44-22-7-10-25-48(44)52/h1-34H. The minimum Gasteiger partial charge on any atom is -0.309 e. The highest BCUT2D eigenvalue weighted by Gasteiger charge is 2.53. The van der Waals surface area contributed by atoms with E-state index in [1.54, 1.807) is 0 Å². The third-order valence-corrected chi connectivity index (χ3v) is 11.5. The lowest BCUT2D eigenvalue weighted by molar-refractivity contribution is 0.796. The Morgan fingerprint density at radius 1 is 0.389 bits per heavy atom. The van der Waals surface area contributed by atoms with E-state index in [1.165, 1.54) is 72.0 Å². The quantitative estimate of drug-likeness (QED) is 0.179. The molecule has 2 aliphatic rings. The number of hydrogen-bond donors (Lipinski definition) is 0. The summed E-state index contributed by atoms with van der Waals surface area (Å²) in [6, 6.07) is 71.2. The summed E-state index contributed by atoms with van der Waals surface area (Å²) in [7, 11) is 0. The average Bonchev–Trinajstić information content (AvgIpc) is 3.73. The lowest BCUT2D eigenvalue weighted by Crippen LogP contribution is -2.26. The number of pyridine rings is 1. The van der Waals surface area contributed by atoms with Crippen LogP contribution >= 0.6 is 0 Å². The van der Waals surface area contributed by atoms with Crippen LogP contribution in [0.5, 0.6) is 0 Å². The van der Waals surface area contributed by atoms with Crippen LogP contribution in [-0.2, 0) is 5.41 Å². The Morgan fingerprint density at radius 3 is 1.70 bits per heavy atom. The van der Waals surface area contributed by atoms with Gasteiger partial charge in [-0.3, -0.25) is 4.98 Å². The van der Waals surface area contributed by atoms with E-state index in [2.05, 4.69) is 198 Å². The number of aromatic nitrogens is 1. The fourth-order valence-corrected chi connectivity index (χ4v) is 9.38. The van der Waals surface area contributed by atoms with Crippen LogP contribution in [0.1, 0.15) is 22.3 Å². The predicted octanol–water partition coefficient (Wildman–Crippen LogP) is 13.4. The largest absolute Gasteiger partial charge is 0.309 e. The van der Waals surface area contributed by atoms with Gasteiger partial charge in [-0.1, -0.05) is 152 Å². The molecule has 252 valence electrons. The Labute approximate surface area is 315 Å². The summed E-state index contributed by atoms with van der Waals surface area (Å²) in [5, 5.41) is 2.55. The molecule has 0 N–H and O–H groups in total. The number of rotatable bonds is 5. The van der Waals surface area contributed by atoms with Crippen LogP contribution in [0, 0.1) is 0 Å². The summed E-state index contributed by atoms with van der Waals surface area (Å²) in [5.74, 6) is 0. The molecule has 9 aromatic rings. The second-order valence-electron chi connectivity index (χ2n) is 14.3. The average molecular weight is 687 g/mol. The molecule has 2 heteroatoms. The molecular weight excluding hydrogens is 653 g/mol. The fraction of sp³-hybridized carbons (Fsp3) is 0.0192. The van der Waals surface area contributed by atoms with Crippen molar-refractivity contribution in [2.24, 2.45) is 0 Å². The number of nitrogens with zero attached hydrogens (tertiary/aromatic N) is 2. The number of benzene rings is 8. The minimum absolute atomic E-state index is 0.432. The Hall–Kier alpha value is -7.03. The van der Waals surface area contributed by atoms with E-state index in [9.17, 15) is 0 Å². The van der Waals surface area contributed by atoms with E-state index in [0.717, 1.165) is 22.6 Å². The minimum atomic E-state index is -0.432. The highest BCUT2D eigenvalue weighted by atomic mass is 15.1. The molecule has 0 bridgehead atoms. The molecule has 11 rings (SSSR count). The van der Waals surface area contributed by atoms with E-state index >= 15 is 0 Å². The topological polar surface area (TPSA) is 16.1 Å². The van der Waals surface area contributed by atoms with Crippen LogP contribution in [0.3, 0.4) is 0 Å². The van der Waals surface area contributed by atoms with Crippen LogP contribution in [0.25, 0.3) is 55.3 Å². The van der Waals surface area contributed by atoms with Gasteiger partial charge in [-0.05, 0) is 120 Å². The number of fused-ring (bicyclic) bond motifs is 12. The Balaban J connectivity index is 1.11. The normalized spacial score (nSPS) is 13.0. The highest BCUT2D eigenvalue weighted by molar-refractivity contribution is 6.10. The monoisotopic (exact) mass is 686 g/mol. The smallest absolute Gasteiger partial charge is 0.0731 e. The van der Waals surface area contributed by atoms with Crippen molar-refractivity contribution in [1.82, 2.24) is 4.98 Å². The number of para-hydroxylation sites is 1. The van der Waals surface area contributed by atoms with E-state index < -0.39 is 5.41 Å². The summed E-state index contributed by atoms with van der Waals surface area (Å²) in [4.78, 5) is 6.70. The van der Waals surface area contributed by atoms with Crippen molar-refractivity contribution in [3.05, 3.63) is 229 Å². The molecule has 0 amide bonds. The Morgan fingerprint density at radius 2 is 0.981 bits per heavy atom. The zero-order valence-electron chi connectivity index (χ0n) is 29.5. The van der Waals surface area contributed by atoms with Gasteiger partial charge in [-0.2, -0.15) is 0 Å². The molecule has 0 fully saturated rings. The van der Waals surface area contributed by atoms with Gasteiger partial charge in [0.05, 0.1) is 17.3 Å². The highest BCUT2D eigenvalue weighted by Crippen LogP contribution is 2.65. The molecule has 2 aliphatic carbocycles. The molecule has 1 heterocycles. The van der Waals surface area contributed by atoms with E-state index in [-0.39, 0.29) is 0 Å². The van der Waals surface area contributed by atoms with Gasteiger partial charge in [0.15, 0.2) is 0 Å². The van der Waals surface area contributed by atoms with Crippen LogP contribution in [0.4, 0.5) is 17.1 Å². The molecule has 0 aliphatic heterocycles. The summed E-state index contributed by atoms with van der Waals surface area (Å²) >= 11 is 0. The maximum absolute atomic E-state index is 4.44. The van der Waals surface area contributed by atoms with E-state index in [0.29, 0.717) is 0 Å². The Kier molecular flexibility index (Phi) is 6.80. The fourth-order valence-electron chi connectivity index (χ4n) is 9.38. The molecule has 0 atom stereocenters. The molecule has 0 saturated carbocycles. The zero-order chi connectivity index (χ0) is 35.6. The van der Waals surface area contributed by atoms with Crippen LogP contribution in [0.15, 0.2) is 207 Å². The lowest BCUT2D eigenvalue weighted by atomic mass is 9.68. The van der Waals surface area contributed by atoms with Crippen molar-refractivity contribution in [3.63, 3.8) is 0 Å². The molecule has 0 saturated heterocycles. The first-order valence-corrected chi connectivity index (χ1v) is 18.6. The second-order valence-corrected chi connectivity index (χ2v) is 14.3. The molecule has 0 unspecified atom stereocenters. The van der Waals surface area contributed by atoms with Gasteiger partial charge >= 0.3 is 0 Å². The van der Waals surface area contributed by atoms with E-state index in [1.807, 2.05) is 18.5 Å². The summed E-state index contributed by atoms with van der Waals surface area (Å²) in [6.07, 6.45) is 3.74. The van der Waals surface area contributed by atoms with Gasteiger partial charge in [0.2, 0.25) is 0 Å². The SMILES string of the molecule is c1ccc(N(c2cccnc2)c2cccc(-c3ccc(-c4cc5ccccc5c5c4C4(c6ccccc6-c6ccccc64)c4ccccc4-5)cc3)c2)cc1. The first-order chi connectivity index (χ1) is 26.8. The van der Waals surface area contributed by atoms with Crippen molar-refractivity contribution in [1.29, 1.82) is 0 Å². The number of anilines is 3. The van der Waals surface area contributed by atoms with Crippen molar-refractivity contribution >= 4 is 27.8 Å². The molecule has 54 heavy (non-hydrogen) atoms. The zero-order valence-corrected chi connectivity index (χ0v) is 29.5. The summed E-state index contributed by atoms with van der Waals surface area (Å²) < 4.78 is 0. The van der Waals surface area contributed by atoms with Crippen molar-refractivity contribution in [2.45, 2.75) is 5.41 Å². The second kappa shape index (κ2) is 12.0. The summed E-state index contributed by atoms with van der Waals surface area (Å²) in [6.45, 7) is 0. The van der Waals surface area contributed by atoms with Gasteiger partial charge in [0, 0.05) is 17.6 Å². The first kappa shape index (κ1) is 30.6. The maximum atomic E-state index is 4.44. The first-order valence-electron chi connectivity index (χ1n) is 18.6. The van der Waals surface area contributed by atoms with Gasteiger partial charge < -0.3 is 4.90 Å². The molecule has 0 radical (unpaired) electrons. The van der Waals surface area contributed by atoms with Crippen LogP contribution in [-0.4, -0.2) is 4.98 Å². The predicted molar refractivity (Wildman–Crippen MR) is 224 cm³/mol. The van der Waals surface area contributed by atoms with Gasteiger partial charge in [-0.25, -0.2) is 0 Å². The number of hydrogen-bond acceptors (Lipinski definition) is 2. The molecule has 1 aromatic heterocycles. The van der Waals surface area contributed by atoms with E-state index in [4.69, 9.17) is 0 Å². The van der Waals surface area contributed by atoms with Crippen LogP contribution < -0.4 is 4.90 Å². The van der Waals surface area contributed by atoms with Crippen LogP contribution in [0.2, 0.25) is 0 Å². The molecule has 8 aromatic carbocycles. The van der Waals surface area contributed by atoms with Crippen molar-refractivity contribution < 1.29 is 0 Å². The molecule has 2 nitrogen and oxygen atoms in total. The maximum Gasteiger partial charge on any atom is 0.0731 e. The van der Waals surface area contributed by atoms with Gasteiger partial charge in [-0.15, -0.1) is 0 Å². The third kappa shape index (κ3) is 4.38. The lowest BCUT2D eigenvalue weighted by Gasteiger charge is -2.32. The van der Waals surface area contributed by atoms with Gasteiger partial charge in [0.25, 0.3) is 0 Å². The molecule has 1 spiro atoms. The van der Waals surface area contributed by atoms with Crippen molar-refractivity contribution in [2.75, 3.05) is 4.90 Å². The van der Waals surface area contributed by atoms with Crippen molar-refractivity contribution in [3.8, 4) is 44.5 Å². The third-order valence-electron chi connectivity index (χ3n) is 11.5. The summed E-state index contributed by atoms with van der Waals surface area (Å²) in [5.41, 5.74) is 18.4.